The van der Waals surface area contributed by atoms with Crippen molar-refractivity contribution in [2.45, 2.75) is 0 Å². The Bertz CT molecular complexity index is 690. The molecule has 0 aromatic heterocycles. The van der Waals surface area contributed by atoms with Gasteiger partial charge in [0.2, 0.25) is 0 Å². The molecule has 2 aromatic rings. The Kier molecular flexibility index (Phi) is 5.74. The van der Waals surface area contributed by atoms with Crippen LogP contribution < -0.4 is 15.5 Å². The number of phenolic OH excluding ortho intramolecular Hbond substituents is 1. The zero-order valence-corrected chi connectivity index (χ0v) is 14.1. The highest BCUT2D eigenvalue weighted by molar-refractivity contribution is 9.10. The predicted molar refractivity (Wildman–Crippen MR) is 95.8 cm³/mol. The molecule has 0 atom stereocenters. The number of ether oxygens (including phenoxy) is 1. The number of methoxy groups -OCH3 is 1. The topological polar surface area (TPSA) is 65.9 Å². The van der Waals surface area contributed by atoms with E-state index in [0.29, 0.717) is 9.59 Å². The number of thiocarbonyl (C=S) groups is 1. The summed E-state index contributed by atoms with van der Waals surface area (Å²) in [5, 5.41) is 16.8. The number of hydrogen-bond acceptors (Lipinski definition) is 4. The highest BCUT2D eigenvalue weighted by atomic mass is 79.9. The number of phenols is 1. The lowest BCUT2D eigenvalue weighted by atomic mass is 10.2. The number of hydrogen-bond donors (Lipinski definition) is 3. The van der Waals surface area contributed by atoms with Crippen LogP contribution in [0.15, 0.2) is 52.0 Å². The van der Waals surface area contributed by atoms with Crippen LogP contribution >= 0.6 is 28.1 Å². The molecule has 0 aliphatic carbocycles. The molecule has 0 saturated heterocycles. The van der Waals surface area contributed by atoms with Crippen molar-refractivity contribution in [3.63, 3.8) is 0 Å². The molecule has 3 N–H and O–H groups in total. The maximum absolute atomic E-state index is 9.41. The van der Waals surface area contributed by atoms with E-state index >= 15 is 0 Å². The summed E-state index contributed by atoms with van der Waals surface area (Å²) < 4.78 is 5.69. The van der Waals surface area contributed by atoms with Gasteiger partial charge in [-0.3, -0.25) is 5.43 Å². The van der Waals surface area contributed by atoms with Crippen molar-refractivity contribution in [1.82, 2.24) is 5.43 Å². The number of hydrazone groups is 1. The molecule has 0 fully saturated rings. The molecule has 0 heterocycles. The Morgan fingerprint density at radius 3 is 2.64 bits per heavy atom. The molecular weight excluding hydrogens is 366 g/mol. The molecule has 5 nitrogen and oxygen atoms in total. The minimum absolute atomic E-state index is 0.182. The average Bonchev–Trinajstić information content (AvgIpc) is 2.51. The van der Waals surface area contributed by atoms with E-state index in [9.17, 15) is 5.11 Å². The van der Waals surface area contributed by atoms with Crippen LogP contribution in [-0.4, -0.2) is 23.5 Å². The fraction of sp³-hybridized carbons (Fsp3) is 0.0667. The van der Waals surface area contributed by atoms with Crippen LogP contribution in [0.4, 0.5) is 5.69 Å². The molecule has 0 radical (unpaired) electrons. The van der Waals surface area contributed by atoms with Crippen LogP contribution in [-0.2, 0) is 0 Å². The van der Waals surface area contributed by atoms with Crippen LogP contribution in [0.25, 0.3) is 0 Å². The second-order valence-electron chi connectivity index (χ2n) is 4.26. The van der Waals surface area contributed by atoms with E-state index in [1.54, 1.807) is 31.5 Å². The maximum atomic E-state index is 9.41. The summed E-state index contributed by atoms with van der Waals surface area (Å²) in [6.45, 7) is 0. The molecule has 0 amide bonds. The van der Waals surface area contributed by atoms with Gasteiger partial charge in [-0.25, -0.2) is 0 Å². The van der Waals surface area contributed by atoms with E-state index in [2.05, 4.69) is 31.8 Å². The zero-order valence-electron chi connectivity index (χ0n) is 11.7. The van der Waals surface area contributed by atoms with E-state index in [1.807, 2.05) is 24.3 Å². The van der Waals surface area contributed by atoms with Crippen LogP contribution in [0, 0.1) is 0 Å². The lowest BCUT2D eigenvalue weighted by molar-refractivity contribution is 0.415. The van der Waals surface area contributed by atoms with Crippen LogP contribution in [0.3, 0.4) is 0 Å². The predicted octanol–water partition coefficient (Wildman–Crippen LogP) is 3.48. The summed E-state index contributed by atoms with van der Waals surface area (Å²) in [5.74, 6) is 0.960. The number of nitrogens with zero attached hydrogens (tertiary/aromatic N) is 1. The second-order valence-corrected chi connectivity index (χ2v) is 5.53. The molecule has 0 aliphatic heterocycles. The molecule has 114 valence electrons. The Morgan fingerprint density at radius 1 is 1.27 bits per heavy atom. The number of halogens is 1. The Hall–Kier alpha value is -2.12. The van der Waals surface area contributed by atoms with Gasteiger partial charge < -0.3 is 15.2 Å². The van der Waals surface area contributed by atoms with Gasteiger partial charge in [0.1, 0.15) is 11.5 Å². The largest absolute Gasteiger partial charge is 0.507 e. The lowest BCUT2D eigenvalue weighted by Crippen LogP contribution is -2.23. The van der Waals surface area contributed by atoms with Crippen molar-refractivity contribution in [2.24, 2.45) is 5.10 Å². The van der Waals surface area contributed by atoms with Crippen LogP contribution in [0.1, 0.15) is 5.56 Å². The van der Waals surface area contributed by atoms with Crippen molar-refractivity contribution in [3.8, 4) is 11.5 Å². The molecule has 2 rings (SSSR count). The molecule has 22 heavy (non-hydrogen) atoms. The van der Waals surface area contributed by atoms with Crippen molar-refractivity contribution in [1.29, 1.82) is 0 Å². The van der Waals surface area contributed by atoms with Gasteiger partial charge in [-0.15, -0.1) is 0 Å². The van der Waals surface area contributed by atoms with Crippen LogP contribution in [0.2, 0.25) is 0 Å². The van der Waals surface area contributed by atoms with Crippen molar-refractivity contribution in [3.05, 3.63) is 52.5 Å². The summed E-state index contributed by atoms with van der Waals surface area (Å²) in [6.07, 6.45) is 1.60. The monoisotopic (exact) mass is 379 g/mol. The molecular formula is C15H14BrN3O2S. The first-order chi connectivity index (χ1) is 10.6. The second kappa shape index (κ2) is 7.77. The minimum atomic E-state index is 0.182. The first-order valence-corrected chi connectivity index (χ1v) is 7.51. The number of aromatic hydroxyl groups is 1. The third-order valence-electron chi connectivity index (χ3n) is 2.70. The molecule has 0 saturated carbocycles. The van der Waals surface area contributed by atoms with E-state index in [1.165, 1.54) is 0 Å². The summed E-state index contributed by atoms with van der Waals surface area (Å²) in [7, 11) is 1.62. The minimum Gasteiger partial charge on any atom is -0.507 e. The normalized spacial score (nSPS) is 10.5. The van der Waals surface area contributed by atoms with Gasteiger partial charge in [-0.1, -0.05) is 0 Å². The quantitative estimate of drug-likeness (QED) is 0.431. The number of benzene rings is 2. The van der Waals surface area contributed by atoms with E-state index < -0.39 is 0 Å². The van der Waals surface area contributed by atoms with Gasteiger partial charge in [0.05, 0.1) is 17.8 Å². The highest BCUT2D eigenvalue weighted by Crippen LogP contribution is 2.23. The third-order valence-corrected chi connectivity index (χ3v) is 3.53. The molecule has 2 aromatic carbocycles. The molecule has 7 heteroatoms. The SMILES string of the molecule is COc1ccc(NC(=S)N/N=C/c2ccc(O)c(Br)c2)cc1. The fourth-order valence-electron chi connectivity index (χ4n) is 1.60. The van der Waals surface area contributed by atoms with Gasteiger partial charge in [-0.2, -0.15) is 5.10 Å². The van der Waals surface area contributed by atoms with Gasteiger partial charge in [-0.05, 0) is 76.2 Å². The Balaban J connectivity index is 1.88. The van der Waals surface area contributed by atoms with Gasteiger partial charge in [0.25, 0.3) is 0 Å². The Labute approximate surface area is 142 Å². The average molecular weight is 380 g/mol. The first-order valence-electron chi connectivity index (χ1n) is 6.31. The first kappa shape index (κ1) is 16.3. The zero-order chi connectivity index (χ0) is 15.9. The molecule has 0 spiro atoms. The van der Waals surface area contributed by atoms with Crippen LogP contribution in [0.5, 0.6) is 11.5 Å². The lowest BCUT2D eigenvalue weighted by Gasteiger charge is -2.07. The van der Waals surface area contributed by atoms with E-state index in [0.717, 1.165) is 17.0 Å². The highest BCUT2D eigenvalue weighted by Gasteiger charge is 1.99. The maximum Gasteiger partial charge on any atom is 0.191 e. The molecule has 0 aliphatic rings. The Morgan fingerprint density at radius 2 is 2.00 bits per heavy atom. The fourth-order valence-corrected chi connectivity index (χ4v) is 2.17. The summed E-state index contributed by atoms with van der Waals surface area (Å²) in [4.78, 5) is 0. The standard InChI is InChI=1S/C15H14BrN3O2S/c1-21-12-5-3-11(4-6-12)18-15(22)19-17-9-10-2-7-14(20)13(16)8-10/h2-9,20H,1H3,(H2,18,19,22)/b17-9+. The van der Waals surface area contributed by atoms with Gasteiger partial charge in [0.15, 0.2) is 5.11 Å². The number of nitrogens with one attached hydrogen (secondary N) is 2. The summed E-state index contributed by atoms with van der Waals surface area (Å²) in [5.41, 5.74) is 4.38. The van der Waals surface area contributed by atoms with E-state index in [4.69, 9.17) is 17.0 Å². The van der Waals surface area contributed by atoms with Gasteiger partial charge >= 0.3 is 0 Å². The number of anilines is 1. The van der Waals surface area contributed by atoms with Gasteiger partial charge in [0, 0.05) is 5.69 Å². The number of rotatable bonds is 4. The molecule has 0 unspecified atom stereocenters. The summed E-state index contributed by atoms with van der Waals surface area (Å²) >= 11 is 8.39. The van der Waals surface area contributed by atoms with Crippen molar-refractivity contribution in [2.75, 3.05) is 12.4 Å². The van der Waals surface area contributed by atoms with E-state index in [-0.39, 0.29) is 5.75 Å². The smallest absolute Gasteiger partial charge is 0.191 e. The third kappa shape index (κ3) is 4.71. The molecule has 0 bridgehead atoms. The summed E-state index contributed by atoms with van der Waals surface area (Å²) in [6, 6.07) is 12.5. The van der Waals surface area contributed by atoms with Crippen molar-refractivity contribution >= 4 is 45.2 Å². The van der Waals surface area contributed by atoms with Crippen molar-refractivity contribution < 1.29 is 9.84 Å².